The van der Waals surface area contributed by atoms with Crippen LogP contribution in [0.2, 0.25) is 0 Å². The third kappa shape index (κ3) is 10.5. The minimum absolute atomic E-state index is 0.0146. The fourth-order valence-electron chi connectivity index (χ4n) is 6.21. The SMILES string of the molecule is Cc1cc(CNC(=O)CC(O)(CC(=O)NCc2cc(C)c(O)c(C(C)(C)C)c2)C(=O)NCc2cc(C)c(O)c(C(C)(C)C)c2)cc(C(C)(C)C)c1O. The van der Waals surface area contributed by atoms with E-state index in [9.17, 15) is 34.8 Å². The van der Waals surface area contributed by atoms with E-state index in [0.29, 0.717) is 27.8 Å². The summed E-state index contributed by atoms with van der Waals surface area (Å²) in [4.78, 5) is 40.5. The number of benzene rings is 3. The molecule has 3 aromatic rings. The third-order valence-corrected chi connectivity index (χ3v) is 9.27. The Balaban J connectivity index is 1.85. The van der Waals surface area contributed by atoms with Crippen LogP contribution in [0.1, 0.15) is 125 Å². The van der Waals surface area contributed by atoms with Crippen molar-refractivity contribution in [3.05, 3.63) is 86.5 Å². The standard InChI is InChI=1S/C42H59N3O7/c1-24-13-27(16-30(35(24)48)39(4,5)6)21-43-33(46)19-42(52,38(51)45-23-29-15-26(3)37(50)32(18-29)41(10,11)12)20-34(47)44-22-28-14-25(2)36(49)31(17-28)40(7,8)9/h13-18,48-50,52H,19-23H2,1-12H3,(H,43,46)(H,44,47)(H,45,51). The van der Waals surface area contributed by atoms with Crippen LogP contribution < -0.4 is 16.0 Å². The summed E-state index contributed by atoms with van der Waals surface area (Å²) in [5.74, 6) is -1.64. The van der Waals surface area contributed by atoms with Gasteiger partial charge < -0.3 is 36.4 Å². The number of carbonyl (C=O) groups is 3. The summed E-state index contributed by atoms with van der Waals surface area (Å²) in [7, 11) is 0. The molecule has 3 aromatic carbocycles. The van der Waals surface area contributed by atoms with Gasteiger partial charge in [-0.25, -0.2) is 0 Å². The van der Waals surface area contributed by atoms with Gasteiger partial charge in [0.1, 0.15) is 17.2 Å². The lowest BCUT2D eigenvalue weighted by atomic mass is 9.84. The van der Waals surface area contributed by atoms with Crippen molar-refractivity contribution in [1.29, 1.82) is 0 Å². The molecule has 0 aromatic heterocycles. The maximum absolute atomic E-state index is 13.7. The van der Waals surface area contributed by atoms with Gasteiger partial charge in [0.2, 0.25) is 11.8 Å². The number of hydrogen-bond acceptors (Lipinski definition) is 7. The van der Waals surface area contributed by atoms with Crippen LogP contribution in [0, 0.1) is 20.8 Å². The predicted octanol–water partition coefficient (Wildman–Crippen LogP) is 6.38. The zero-order chi connectivity index (χ0) is 39.6. The number of rotatable bonds is 11. The Hall–Kier alpha value is -4.57. The first-order valence-corrected chi connectivity index (χ1v) is 17.8. The molecule has 284 valence electrons. The van der Waals surface area contributed by atoms with E-state index in [1.165, 1.54) is 0 Å². The molecule has 0 aliphatic heterocycles. The highest BCUT2D eigenvalue weighted by Gasteiger charge is 2.40. The molecule has 52 heavy (non-hydrogen) atoms. The smallest absolute Gasteiger partial charge is 0.253 e. The lowest BCUT2D eigenvalue weighted by Gasteiger charge is -2.27. The summed E-state index contributed by atoms with van der Waals surface area (Å²) >= 11 is 0. The molecular weight excluding hydrogens is 658 g/mol. The number of aryl methyl sites for hydroxylation is 3. The van der Waals surface area contributed by atoms with Crippen LogP contribution in [0.4, 0.5) is 0 Å². The van der Waals surface area contributed by atoms with Crippen molar-refractivity contribution in [1.82, 2.24) is 16.0 Å². The Morgan fingerprint density at radius 1 is 0.500 bits per heavy atom. The molecule has 0 saturated heterocycles. The van der Waals surface area contributed by atoms with Crippen molar-refractivity contribution in [2.45, 2.75) is 137 Å². The molecule has 0 aliphatic carbocycles. The minimum atomic E-state index is -2.41. The average molecular weight is 718 g/mol. The average Bonchev–Trinajstić information content (AvgIpc) is 3.00. The van der Waals surface area contributed by atoms with Crippen molar-refractivity contribution in [3.63, 3.8) is 0 Å². The molecule has 10 heteroatoms. The van der Waals surface area contributed by atoms with Crippen molar-refractivity contribution in [2.24, 2.45) is 0 Å². The predicted molar refractivity (Wildman–Crippen MR) is 204 cm³/mol. The van der Waals surface area contributed by atoms with Crippen LogP contribution >= 0.6 is 0 Å². The summed E-state index contributed by atoms with van der Waals surface area (Å²) in [6.07, 6.45) is -1.38. The van der Waals surface area contributed by atoms with Gasteiger partial charge in [0.25, 0.3) is 5.91 Å². The van der Waals surface area contributed by atoms with Crippen LogP contribution in [0.3, 0.4) is 0 Å². The first-order chi connectivity index (χ1) is 23.7. The number of aliphatic hydroxyl groups is 1. The largest absolute Gasteiger partial charge is 0.507 e. The molecule has 0 atom stereocenters. The fourth-order valence-corrected chi connectivity index (χ4v) is 6.21. The maximum atomic E-state index is 13.7. The lowest BCUT2D eigenvalue weighted by molar-refractivity contribution is -0.150. The summed E-state index contributed by atoms with van der Waals surface area (Å²) < 4.78 is 0. The van der Waals surface area contributed by atoms with Crippen LogP contribution in [0.5, 0.6) is 17.2 Å². The van der Waals surface area contributed by atoms with Gasteiger partial charge in [0.15, 0.2) is 5.60 Å². The maximum Gasteiger partial charge on any atom is 0.253 e. The first kappa shape index (κ1) is 41.8. The van der Waals surface area contributed by atoms with Gasteiger partial charge in [-0.05, 0) is 105 Å². The van der Waals surface area contributed by atoms with E-state index in [0.717, 1.165) is 22.3 Å². The van der Waals surface area contributed by atoms with E-state index in [-0.39, 0.29) is 53.1 Å². The molecule has 0 spiro atoms. The van der Waals surface area contributed by atoms with Crippen LogP contribution in [-0.2, 0) is 50.3 Å². The molecule has 0 heterocycles. The van der Waals surface area contributed by atoms with Gasteiger partial charge in [-0.15, -0.1) is 0 Å². The molecule has 0 bridgehead atoms. The summed E-state index contributed by atoms with van der Waals surface area (Å²) in [6.45, 7) is 23.2. The molecule has 0 saturated carbocycles. The van der Waals surface area contributed by atoms with E-state index in [1.807, 2.05) is 74.4 Å². The third-order valence-electron chi connectivity index (χ3n) is 9.27. The number of amides is 3. The molecule has 0 fully saturated rings. The highest BCUT2D eigenvalue weighted by Crippen LogP contribution is 2.36. The van der Waals surface area contributed by atoms with E-state index < -0.39 is 36.2 Å². The number of nitrogens with one attached hydrogen (secondary N) is 3. The number of phenolic OH excluding ortho intramolecular Hbond substituents is 3. The fraction of sp³-hybridized carbons (Fsp3) is 0.500. The normalized spacial score (nSPS) is 12.4. The van der Waals surface area contributed by atoms with Gasteiger partial charge >= 0.3 is 0 Å². The van der Waals surface area contributed by atoms with E-state index in [1.54, 1.807) is 45.0 Å². The Morgan fingerprint density at radius 2 is 0.769 bits per heavy atom. The van der Waals surface area contributed by atoms with Gasteiger partial charge in [0, 0.05) is 19.6 Å². The van der Waals surface area contributed by atoms with Crippen LogP contribution in [-0.4, -0.2) is 43.7 Å². The van der Waals surface area contributed by atoms with Crippen molar-refractivity contribution in [2.75, 3.05) is 0 Å². The topological polar surface area (TPSA) is 168 Å². The number of carbonyl (C=O) groups excluding carboxylic acids is 3. The Kier molecular flexibility index (Phi) is 12.5. The molecule has 0 radical (unpaired) electrons. The van der Waals surface area contributed by atoms with Crippen molar-refractivity contribution >= 4 is 17.7 Å². The second kappa shape index (κ2) is 15.6. The first-order valence-electron chi connectivity index (χ1n) is 17.8. The summed E-state index contributed by atoms with van der Waals surface area (Å²) in [5.41, 5.74) is 2.74. The summed E-state index contributed by atoms with van der Waals surface area (Å²) in [5, 5.41) is 51.9. The quantitative estimate of drug-likeness (QED) is 0.121. The second-order valence-corrected chi connectivity index (χ2v) is 17.3. The Morgan fingerprint density at radius 3 is 1.04 bits per heavy atom. The van der Waals surface area contributed by atoms with Gasteiger partial charge in [-0.2, -0.15) is 0 Å². The van der Waals surface area contributed by atoms with E-state index in [4.69, 9.17) is 0 Å². The molecule has 3 rings (SSSR count). The molecular formula is C42H59N3O7. The zero-order valence-electron chi connectivity index (χ0n) is 33.0. The van der Waals surface area contributed by atoms with Crippen LogP contribution in [0.25, 0.3) is 0 Å². The molecule has 3 amide bonds. The van der Waals surface area contributed by atoms with Crippen molar-refractivity contribution < 1.29 is 34.8 Å². The summed E-state index contributed by atoms with van der Waals surface area (Å²) in [6, 6.07) is 10.7. The molecule has 7 N–H and O–H groups in total. The Labute approximate surface area is 309 Å². The second-order valence-electron chi connectivity index (χ2n) is 17.3. The van der Waals surface area contributed by atoms with Gasteiger partial charge in [0.05, 0.1) is 12.8 Å². The van der Waals surface area contributed by atoms with Crippen LogP contribution in [0.15, 0.2) is 36.4 Å². The van der Waals surface area contributed by atoms with Gasteiger partial charge in [-0.3, -0.25) is 14.4 Å². The monoisotopic (exact) mass is 717 g/mol. The van der Waals surface area contributed by atoms with E-state index >= 15 is 0 Å². The Bertz CT molecular complexity index is 1740. The number of aromatic hydroxyl groups is 3. The molecule has 0 unspecified atom stereocenters. The number of hydrogen-bond donors (Lipinski definition) is 7. The number of phenols is 3. The highest BCUT2D eigenvalue weighted by atomic mass is 16.3. The molecule has 0 aliphatic rings. The highest BCUT2D eigenvalue weighted by molar-refractivity contribution is 5.95. The lowest BCUT2D eigenvalue weighted by Crippen LogP contribution is -2.52. The molecule has 10 nitrogen and oxygen atoms in total. The zero-order valence-corrected chi connectivity index (χ0v) is 33.0. The van der Waals surface area contributed by atoms with E-state index in [2.05, 4.69) is 16.0 Å². The van der Waals surface area contributed by atoms with Crippen molar-refractivity contribution in [3.8, 4) is 17.2 Å². The van der Waals surface area contributed by atoms with Gasteiger partial charge in [-0.1, -0.05) is 80.5 Å². The minimum Gasteiger partial charge on any atom is -0.507 e.